The molecule has 0 atom stereocenters. The van der Waals surface area contributed by atoms with Crippen LogP contribution in [0.3, 0.4) is 0 Å². The lowest BCUT2D eigenvalue weighted by molar-refractivity contribution is -0.143. The highest BCUT2D eigenvalue weighted by Crippen LogP contribution is 2.28. The molecule has 2 saturated heterocycles. The molecule has 136 valence electrons. The predicted octanol–water partition coefficient (Wildman–Crippen LogP) is 1.20. The molecule has 0 bridgehead atoms. The molecule has 0 saturated carbocycles. The Labute approximate surface area is 151 Å². The van der Waals surface area contributed by atoms with Crippen molar-refractivity contribution >= 4 is 35.1 Å². The van der Waals surface area contributed by atoms with Gasteiger partial charge in [0.25, 0.3) is 0 Å². The van der Waals surface area contributed by atoms with Crippen LogP contribution in [0.15, 0.2) is 36.9 Å². The number of urea groups is 1. The van der Waals surface area contributed by atoms with Crippen LogP contribution in [0.4, 0.5) is 16.2 Å². The van der Waals surface area contributed by atoms with Crippen LogP contribution in [-0.2, 0) is 14.4 Å². The molecule has 2 fully saturated rings. The zero-order valence-electron chi connectivity index (χ0n) is 14.3. The van der Waals surface area contributed by atoms with Crippen molar-refractivity contribution in [3.63, 3.8) is 0 Å². The van der Waals surface area contributed by atoms with Crippen LogP contribution in [0.1, 0.15) is 12.8 Å². The summed E-state index contributed by atoms with van der Waals surface area (Å²) in [7, 11) is 0. The van der Waals surface area contributed by atoms with Crippen LogP contribution in [0.5, 0.6) is 0 Å². The van der Waals surface area contributed by atoms with E-state index in [0.717, 1.165) is 36.5 Å². The summed E-state index contributed by atoms with van der Waals surface area (Å²) >= 11 is 0. The first kappa shape index (κ1) is 17.7. The van der Waals surface area contributed by atoms with Gasteiger partial charge in [-0.05, 0) is 25.0 Å². The number of nitrogens with zero attached hydrogens (tertiary/aromatic N) is 3. The number of carbonyl (C=O) groups is 4. The highest BCUT2D eigenvalue weighted by atomic mass is 16.2. The SMILES string of the molecule is C=CCN1C(=O)C(=O)N(CC(=O)Nc2ccccc2N2CCCC2)C1=O. The second-order valence-corrected chi connectivity index (χ2v) is 6.14. The minimum atomic E-state index is -1.00. The van der Waals surface area contributed by atoms with E-state index in [1.807, 2.05) is 12.1 Å². The Bertz CT molecular complexity index is 770. The standard InChI is InChI=1S/C18H20N4O4/c1-2-9-21-16(24)17(25)22(18(21)26)12-15(23)19-13-7-3-4-8-14(13)20-10-5-6-11-20/h2-4,7-8H,1,5-6,9-12H2,(H,19,23). The maximum Gasteiger partial charge on any atom is 0.335 e. The van der Waals surface area contributed by atoms with Crippen LogP contribution in [0.25, 0.3) is 0 Å². The molecule has 1 N–H and O–H groups in total. The van der Waals surface area contributed by atoms with Gasteiger partial charge >= 0.3 is 17.8 Å². The molecule has 2 heterocycles. The van der Waals surface area contributed by atoms with Gasteiger partial charge in [-0.25, -0.2) is 9.69 Å². The first-order valence-electron chi connectivity index (χ1n) is 8.45. The number of nitrogens with one attached hydrogen (secondary N) is 1. The Morgan fingerprint density at radius 3 is 2.42 bits per heavy atom. The van der Waals surface area contributed by atoms with Crippen molar-refractivity contribution in [2.75, 3.05) is 36.4 Å². The monoisotopic (exact) mass is 356 g/mol. The molecule has 0 radical (unpaired) electrons. The maximum absolute atomic E-state index is 12.4. The normalized spacial score (nSPS) is 17.2. The van der Waals surface area contributed by atoms with E-state index in [1.165, 1.54) is 6.08 Å². The van der Waals surface area contributed by atoms with Crippen molar-refractivity contribution in [3.05, 3.63) is 36.9 Å². The van der Waals surface area contributed by atoms with Crippen LogP contribution in [-0.4, -0.2) is 59.7 Å². The molecule has 0 spiro atoms. The third-order valence-electron chi connectivity index (χ3n) is 4.37. The molecule has 8 nitrogen and oxygen atoms in total. The third-order valence-corrected chi connectivity index (χ3v) is 4.37. The van der Waals surface area contributed by atoms with Gasteiger partial charge in [0.1, 0.15) is 6.54 Å². The molecular weight excluding hydrogens is 336 g/mol. The Balaban J connectivity index is 1.70. The lowest BCUT2D eigenvalue weighted by Gasteiger charge is -2.22. The number of rotatable bonds is 6. The number of carbonyl (C=O) groups excluding carboxylic acids is 4. The van der Waals surface area contributed by atoms with Crippen LogP contribution >= 0.6 is 0 Å². The first-order valence-corrected chi connectivity index (χ1v) is 8.45. The molecule has 8 heteroatoms. The fraction of sp³-hybridized carbons (Fsp3) is 0.333. The number of benzene rings is 1. The smallest absolute Gasteiger partial charge is 0.335 e. The second-order valence-electron chi connectivity index (χ2n) is 6.14. The molecular formula is C18H20N4O4. The molecule has 0 aromatic heterocycles. The average Bonchev–Trinajstić information content (AvgIpc) is 3.23. The summed E-state index contributed by atoms with van der Waals surface area (Å²) in [5.74, 6) is -2.48. The highest BCUT2D eigenvalue weighted by Gasteiger charge is 2.44. The molecule has 1 aromatic carbocycles. The zero-order valence-corrected chi connectivity index (χ0v) is 14.3. The van der Waals surface area contributed by atoms with Gasteiger partial charge in [0, 0.05) is 19.6 Å². The number of amides is 5. The Kier molecular flexibility index (Phi) is 5.01. The Morgan fingerprint density at radius 2 is 1.73 bits per heavy atom. The average molecular weight is 356 g/mol. The minimum absolute atomic E-state index is 0.0701. The van der Waals surface area contributed by atoms with E-state index < -0.39 is 30.3 Å². The van der Waals surface area contributed by atoms with E-state index >= 15 is 0 Å². The molecule has 3 rings (SSSR count). The van der Waals surface area contributed by atoms with Crippen molar-refractivity contribution in [3.8, 4) is 0 Å². The third kappa shape index (κ3) is 3.30. The quantitative estimate of drug-likeness (QED) is 0.470. The van der Waals surface area contributed by atoms with Crippen LogP contribution in [0.2, 0.25) is 0 Å². The van der Waals surface area contributed by atoms with Crippen molar-refractivity contribution in [2.45, 2.75) is 12.8 Å². The van der Waals surface area contributed by atoms with Crippen molar-refractivity contribution in [1.82, 2.24) is 9.80 Å². The largest absolute Gasteiger partial charge is 0.370 e. The highest BCUT2D eigenvalue weighted by molar-refractivity contribution is 6.45. The number of hydrogen-bond acceptors (Lipinski definition) is 5. The summed E-state index contributed by atoms with van der Waals surface area (Å²) in [4.78, 5) is 51.9. The second kappa shape index (κ2) is 7.38. The van der Waals surface area contributed by atoms with Crippen molar-refractivity contribution in [1.29, 1.82) is 0 Å². The summed E-state index contributed by atoms with van der Waals surface area (Å²) in [5, 5.41) is 2.74. The van der Waals surface area contributed by atoms with E-state index in [2.05, 4.69) is 16.8 Å². The van der Waals surface area contributed by atoms with Crippen LogP contribution < -0.4 is 10.2 Å². The summed E-state index contributed by atoms with van der Waals surface area (Å²) in [6.07, 6.45) is 3.54. The van der Waals surface area contributed by atoms with E-state index in [0.29, 0.717) is 10.6 Å². The van der Waals surface area contributed by atoms with Crippen molar-refractivity contribution in [2.24, 2.45) is 0 Å². The fourth-order valence-electron chi connectivity index (χ4n) is 3.13. The van der Waals surface area contributed by atoms with Gasteiger partial charge in [-0.2, -0.15) is 0 Å². The molecule has 2 aliphatic heterocycles. The van der Waals surface area contributed by atoms with E-state index in [1.54, 1.807) is 12.1 Å². The lowest BCUT2D eigenvalue weighted by Crippen LogP contribution is -2.39. The summed E-state index contributed by atoms with van der Waals surface area (Å²) < 4.78 is 0. The molecule has 2 aliphatic rings. The lowest BCUT2D eigenvalue weighted by atomic mass is 10.2. The van der Waals surface area contributed by atoms with Gasteiger partial charge in [-0.15, -0.1) is 6.58 Å². The number of imide groups is 2. The van der Waals surface area contributed by atoms with Gasteiger partial charge in [0.15, 0.2) is 0 Å². The van der Waals surface area contributed by atoms with Gasteiger partial charge in [0.05, 0.1) is 11.4 Å². The summed E-state index contributed by atoms with van der Waals surface area (Å²) in [5.41, 5.74) is 1.52. The van der Waals surface area contributed by atoms with Gasteiger partial charge in [-0.3, -0.25) is 19.3 Å². The van der Waals surface area contributed by atoms with Gasteiger partial charge < -0.3 is 10.2 Å². The Hall–Kier alpha value is -3.16. The number of para-hydroxylation sites is 2. The molecule has 0 unspecified atom stereocenters. The Morgan fingerprint density at radius 1 is 1.08 bits per heavy atom. The molecule has 26 heavy (non-hydrogen) atoms. The van der Waals surface area contributed by atoms with Gasteiger partial charge in [0.2, 0.25) is 5.91 Å². The zero-order chi connectivity index (χ0) is 18.7. The van der Waals surface area contributed by atoms with E-state index in [9.17, 15) is 19.2 Å². The minimum Gasteiger partial charge on any atom is -0.370 e. The molecule has 5 amide bonds. The maximum atomic E-state index is 12.4. The summed E-state index contributed by atoms with van der Waals surface area (Å²) in [6.45, 7) is 4.70. The number of anilines is 2. The van der Waals surface area contributed by atoms with E-state index in [-0.39, 0.29) is 6.54 Å². The fourth-order valence-corrected chi connectivity index (χ4v) is 3.13. The van der Waals surface area contributed by atoms with Crippen molar-refractivity contribution < 1.29 is 19.2 Å². The predicted molar refractivity (Wildman–Crippen MR) is 95.5 cm³/mol. The van der Waals surface area contributed by atoms with Crippen LogP contribution in [0, 0.1) is 0 Å². The first-order chi connectivity index (χ1) is 12.5. The van der Waals surface area contributed by atoms with Gasteiger partial charge in [-0.1, -0.05) is 18.2 Å². The molecule has 0 aliphatic carbocycles. The topological polar surface area (TPSA) is 90.0 Å². The number of hydrogen-bond donors (Lipinski definition) is 1. The van der Waals surface area contributed by atoms with E-state index in [4.69, 9.17) is 0 Å². The summed E-state index contributed by atoms with van der Waals surface area (Å²) in [6, 6.07) is 6.58. The molecule has 1 aromatic rings.